The van der Waals surface area contributed by atoms with Gasteiger partial charge >= 0.3 is 0 Å². The molecule has 0 aliphatic heterocycles. The van der Waals surface area contributed by atoms with Gasteiger partial charge in [0, 0.05) is 13.1 Å². The Hall–Kier alpha value is -0.830. The molecule has 0 aromatic carbocycles. The van der Waals surface area contributed by atoms with Gasteiger partial charge in [0.1, 0.15) is 0 Å². The average molecular weight is 184 g/mol. The van der Waals surface area contributed by atoms with E-state index >= 15 is 0 Å². The minimum absolute atomic E-state index is 0.0565. The van der Waals surface area contributed by atoms with E-state index in [4.69, 9.17) is 0 Å². The number of hydrazine groups is 1. The number of amides is 1. The van der Waals surface area contributed by atoms with Gasteiger partial charge < -0.3 is 0 Å². The van der Waals surface area contributed by atoms with E-state index in [1.165, 1.54) is 18.9 Å². The van der Waals surface area contributed by atoms with E-state index in [1.807, 2.05) is 6.92 Å². The Bertz CT molecular complexity index is 157. The maximum Gasteiger partial charge on any atom is 0.260 e. The topological polar surface area (TPSA) is 32.3 Å². The second kappa shape index (κ2) is 7.80. The van der Waals surface area contributed by atoms with Gasteiger partial charge in [0.25, 0.3) is 5.91 Å². The third-order valence-corrected chi connectivity index (χ3v) is 1.84. The van der Waals surface area contributed by atoms with Crippen LogP contribution in [0.4, 0.5) is 0 Å². The number of nitrogens with zero attached hydrogens (tertiary/aromatic N) is 1. The molecule has 0 saturated carbocycles. The van der Waals surface area contributed by atoms with Crippen molar-refractivity contribution in [2.45, 2.75) is 33.1 Å². The van der Waals surface area contributed by atoms with Crippen molar-refractivity contribution in [3.05, 3.63) is 12.7 Å². The number of unbranched alkanes of at least 4 members (excludes halogenated alkanes) is 2. The van der Waals surface area contributed by atoms with Crippen molar-refractivity contribution in [1.82, 2.24) is 10.4 Å². The Morgan fingerprint density at radius 3 is 2.62 bits per heavy atom. The van der Waals surface area contributed by atoms with Gasteiger partial charge in [0.15, 0.2) is 0 Å². The molecule has 0 saturated heterocycles. The highest BCUT2D eigenvalue weighted by Crippen LogP contribution is 1.92. The summed E-state index contributed by atoms with van der Waals surface area (Å²) >= 11 is 0. The number of rotatable bonds is 7. The Kier molecular flexibility index (Phi) is 7.30. The molecular formula is C10H20N2O. The lowest BCUT2D eigenvalue weighted by atomic mass is 10.2. The maximum atomic E-state index is 11.2. The lowest BCUT2D eigenvalue weighted by molar-refractivity contribution is -0.128. The summed E-state index contributed by atoms with van der Waals surface area (Å²) in [7, 11) is 0. The zero-order valence-electron chi connectivity index (χ0n) is 8.68. The van der Waals surface area contributed by atoms with E-state index < -0.39 is 0 Å². The van der Waals surface area contributed by atoms with E-state index in [9.17, 15) is 4.79 Å². The van der Waals surface area contributed by atoms with Crippen LogP contribution in [0.3, 0.4) is 0 Å². The summed E-state index contributed by atoms with van der Waals surface area (Å²) in [4.78, 5) is 11.2. The largest absolute Gasteiger partial charge is 0.275 e. The molecule has 3 nitrogen and oxygen atoms in total. The Morgan fingerprint density at radius 1 is 1.46 bits per heavy atom. The number of nitrogens with one attached hydrogen (secondary N) is 1. The van der Waals surface area contributed by atoms with Crippen molar-refractivity contribution >= 4 is 5.91 Å². The van der Waals surface area contributed by atoms with E-state index in [2.05, 4.69) is 18.9 Å². The zero-order valence-corrected chi connectivity index (χ0v) is 8.68. The second-order valence-corrected chi connectivity index (χ2v) is 2.90. The second-order valence-electron chi connectivity index (χ2n) is 2.90. The molecule has 0 heterocycles. The highest BCUT2D eigenvalue weighted by Gasteiger charge is 2.04. The Balaban J connectivity index is 3.59. The van der Waals surface area contributed by atoms with Crippen LogP contribution in [0.5, 0.6) is 0 Å². The summed E-state index contributed by atoms with van der Waals surface area (Å²) in [5.74, 6) is -0.0565. The summed E-state index contributed by atoms with van der Waals surface area (Å²) in [6.07, 6.45) is 4.84. The standard InChI is InChI=1S/C10H20N2O/c1-4-7-8-9-11-12(6-3)10(13)5-2/h5,11H,2,4,6-9H2,1,3H3. The van der Waals surface area contributed by atoms with Gasteiger partial charge in [-0.15, -0.1) is 0 Å². The molecule has 0 spiro atoms. The molecule has 1 N–H and O–H groups in total. The molecule has 3 heteroatoms. The van der Waals surface area contributed by atoms with E-state index in [0.29, 0.717) is 6.54 Å². The number of carbonyl (C=O) groups excluding carboxylic acids is 1. The molecule has 0 radical (unpaired) electrons. The number of hydrogen-bond acceptors (Lipinski definition) is 2. The molecule has 0 aromatic rings. The van der Waals surface area contributed by atoms with Gasteiger partial charge in [-0.05, 0) is 19.4 Å². The van der Waals surface area contributed by atoms with Gasteiger partial charge in [-0.25, -0.2) is 5.43 Å². The molecule has 0 bridgehead atoms. The summed E-state index contributed by atoms with van der Waals surface area (Å²) in [5, 5.41) is 1.59. The van der Waals surface area contributed by atoms with Crippen LogP contribution in [0, 0.1) is 0 Å². The Morgan fingerprint density at radius 2 is 2.15 bits per heavy atom. The molecule has 13 heavy (non-hydrogen) atoms. The smallest absolute Gasteiger partial charge is 0.260 e. The minimum atomic E-state index is -0.0565. The van der Waals surface area contributed by atoms with Gasteiger partial charge in [-0.3, -0.25) is 9.80 Å². The van der Waals surface area contributed by atoms with Crippen molar-refractivity contribution < 1.29 is 4.79 Å². The third-order valence-electron chi connectivity index (χ3n) is 1.84. The number of carbonyl (C=O) groups is 1. The molecule has 0 aliphatic rings. The first-order valence-electron chi connectivity index (χ1n) is 4.93. The molecule has 1 amide bonds. The van der Waals surface area contributed by atoms with Crippen molar-refractivity contribution in [3.63, 3.8) is 0 Å². The molecular weight excluding hydrogens is 164 g/mol. The fourth-order valence-electron chi connectivity index (χ4n) is 1.04. The van der Waals surface area contributed by atoms with E-state index in [1.54, 1.807) is 5.01 Å². The van der Waals surface area contributed by atoms with Crippen molar-refractivity contribution in [1.29, 1.82) is 0 Å². The molecule has 0 aliphatic carbocycles. The fourth-order valence-corrected chi connectivity index (χ4v) is 1.04. The maximum absolute atomic E-state index is 11.2. The van der Waals surface area contributed by atoms with Crippen LogP contribution >= 0.6 is 0 Å². The third kappa shape index (κ3) is 5.42. The van der Waals surface area contributed by atoms with Crippen LogP contribution in [-0.4, -0.2) is 24.0 Å². The molecule has 0 unspecified atom stereocenters. The molecule has 0 atom stereocenters. The number of hydrogen-bond donors (Lipinski definition) is 1. The van der Waals surface area contributed by atoms with E-state index in [0.717, 1.165) is 13.0 Å². The summed E-state index contributed by atoms with van der Waals surface area (Å²) in [5.41, 5.74) is 3.07. The van der Waals surface area contributed by atoms with Crippen LogP contribution in [-0.2, 0) is 4.79 Å². The summed E-state index contributed by atoms with van der Waals surface area (Å²) < 4.78 is 0. The number of likely N-dealkylation sites (N-methyl/N-ethyl adjacent to an activating group) is 1. The first-order valence-corrected chi connectivity index (χ1v) is 4.93. The first-order chi connectivity index (χ1) is 6.26. The van der Waals surface area contributed by atoms with Crippen LogP contribution in [0.2, 0.25) is 0 Å². The molecule has 0 aromatic heterocycles. The van der Waals surface area contributed by atoms with Gasteiger partial charge in [0.05, 0.1) is 0 Å². The monoisotopic (exact) mass is 184 g/mol. The lowest BCUT2D eigenvalue weighted by Gasteiger charge is -2.19. The normalized spacial score (nSPS) is 9.69. The van der Waals surface area contributed by atoms with Crippen molar-refractivity contribution in [2.24, 2.45) is 0 Å². The predicted octanol–water partition coefficient (Wildman–Crippen LogP) is 1.72. The minimum Gasteiger partial charge on any atom is -0.275 e. The fraction of sp³-hybridized carbons (Fsp3) is 0.700. The highest BCUT2D eigenvalue weighted by atomic mass is 16.2. The SMILES string of the molecule is C=CC(=O)N(CC)NCCCCC. The van der Waals surface area contributed by atoms with Gasteiger partial charge in [-0.1, -0.05) is 26.3 Å². The van der Waals surface area contributed by atoms with Crippen LogP contribution < -0.4 is 5.43 Å². The van der Waals surface area contributed by atoms with Gasteiger partial charge in [-0.2, -0.15) is 0 Å². The summed E-state index contributed by atoms with van der Waals surface area (Å²) in [6, 6.07) is 0. The van der Waals surface area contributed by atoms with Crippen LogP contribution in [0.1, 0.15) is 33.1 Å². The van der Waals surface area contributed by atoms with Crippen molar-refractivity contribution in [2.75, 3.05) is 13.1 Å². The quantitative estimate of drug-likeness (QED) is 0.371. The predicted molar refractivity (Wildman–Crippen MR) is 55.1 cm³/mol. The highest BCUT2D eigenvalue weighted by molar-refractivity contribution is 5.86. The van der Waals surface area contributed by atoms with Crippen molar-refractivity contribution in [3.8, 4) is 0 Å². The lowest BCUT2D eigenvalue weighted by Crippen LogP contribution is -2.42. The first kappa shape index (κ1) is 12.2. The zero-order chi connectivity index (χ0) is 10.1. The molecule has 76 valence electrons. The van der Waals surface area contributed by atoms with Crippen LogP contribution in [0.25, 0.3) is 0 Å². The Labute approximate surface area is 80.8 Å². The van der Waals surface area contributed by atoms with Gasteiger partial charge in [0.2, 0.25) is 0 Å². The average Bonchev–Trinajstić information content (AvgIpc) is 2.17. The summed E-state index contributed by atoms with van der Waals surface area (Å²) in [6.45, 7) is 9.08. The van der Waals surface area contributed by atoms with Crippen LogP contribution in [0.15, 0.2) is 12.7 Å². The molecule has 0 rings (SSSR count). The molecule has 0 fully saturated rings. The van der Waals surface area contributed by atoms with E-state index in [-0.39, 0.29) is 5.91 Å².